The molecule has 2 aliphatic rings. The predicted octanol–water partition coefficient (Wildman–Crippen LogP) is 3.29. The quantitative estimate of drug-likeness (QED) is 0.588. The molecule has 3 rings (SSSR count). The number of hydrogen-bond acceptors (Lipinski definition) is 2. The molecule has 19 heavy (non-hydrogen) atoms. The minimum atomic E-state index is -0.571. The van der Waals surface area contributed by atoms with E-state index in [0.717, 1.165) is 4.47 Å². The monoisotopic (exact) mass is 319 g/mol. The second-order valence-corrected chi connectivity index (χ2v) is 6.25. The van der Waals surface area contributed by atoms with E-state index in [1.165, 1.54) is 4.90 Å². The van der Waals surface area contributed by atoms with Crippen LogP contribution in [0.15, 0.2) is 40.9 Å². The molecule has 1 aliphatic heterocycles. The Labute approximate surface area is 120 Å². The van der Waals surface area contributed by atoms with Crippen molar-refractivity contribution in [1.82, 2.24) is 0 Å². The summed E-state index contributed by atoms with van der Waals surface area (Å²) in [4.78, 5) is 26.5. The number of allylic oxidation sites excluding steroid dienone is 2. The van der Waals surface area contributed by atoms with Gasteiger partial charge < -0.3 is 0 Å². The number of nitrogens with zero attached hydrogens (tertiary/aromatic N) is 1. The lowest BCUT2D eigenvalue weighted by molar-refractivity contribution is -0.126. The van der Waals surface area contributed by atoms with Gasteiger partial charge in [0, 0.05) is 4.47 Å². The van der Waals surface area contributed by atoms with Gasteiger partial charge in [-0.05, 0) is 44.0 Å². The Bertz CT molecular complexity index is 578. The van der Waals surface area contributed by atoms with Crippen molar-refractivity contribution in [2.24, 2.45) is 11.3 Å². The Morgan fingerprint density at radius 2 is 1.89 bits per heavy atom. The lowest BCUT2D eigenvalue weighted by Crippen LogP contribution is -2.34. The second kappa shape index (κ2) is 4.30. The minimum absolute atomic E-state index is 0.0702. The SMILES string of the molecule is C[C@]12CC=CC[C@H]1C(=O)N(c1ccc(Br)cc1)C2=O. The summed E-state index contributed by atoms with van der Waals surface area (Å²) in [7, 11) is 0. The average Bonchev–Trinajstić information content (AvgIpc) is 2.60. The predicted molar refractivity (Wildman–Crippen MR) is 76.6 cm³/mol. The Hall–Kier alpha value is -1.42. The first kappa shape index (κ1) is 12.6. The number of anilines is 1. The van der Waals surface area contributed by atoms with Crippen LogP contribution in [0.2, 0.25) is 0 Å². The topological polar surface area (TPSA) is 37.4 Å². The lowest BCUT2D eigenvalue weighted by Gasteiger charge is -2.27. The number of fused-ring (bicyclic) bond motifs is 1. The van der Waals surface area contributed by atoms with E-state index in [4.69, 9.17) is 0 Å². The fourth-order valence-electron chi connectivity index (χ4n) is 2.92. The summed E-state index contributed by atoms with van der Waals surface area (Å²) in [5, 5.41) is 0. The molecule has 1 fully saturated rings. The Balaban J connectivity index is 2.03. The van der Waals surface area contributed by atoms with E-state index < -0.39 is 5.41 Å². The standard InChI is InChI=1S/C15H14BrNO2/c1-15-9-3-2-4-12(15)13(18)17(14(15)19)11-7-5-10(16)6-8-11/h2-3,5-8,12H,4,9H2,1H3/t12-,15-/m0/s1. The molecule has 3 nitrogen and oxygen atoms in total. The summed E-state index contributed by atoms with van der Waals surface area (Å²) in [6.45, 7) is 1.90. The molecule has 0 bridgehead atoms. The first-order valence-corrected chi connectivity index (χ1v) is 7.12. The van der Waals surface area contributed by atoms with Crippen LogP contribution in [0, 0.1) is 11.3 Å². The van der Waals surface area contributed by atoms with E-state index in [1.807, 2.05) is 31.2 Å². The third kappa shape index (κ3) is 1.77. The molecule has 0 saturated carbocycles. The van der Waals surface area contributed by atoms with Crippen LogP contribution in [0.5, 0.6) is 0 Å². The highest BCUT2D eigenvalue weighted by atomic mass is 79.9. The number of rotatable bonds is 1. The highest BCUT2D eigenvalue weighted by Gasteiger charge is 2.56. The minimum Gasteiger partial charge on any atom is -0.274 e. The van der Waals surface area contributed by atoms with Crippen molar-refractivity contribution in [3.05, 3.63) is 40.9 Å². The Morgan fingerprint density at radius 3 is 2.53 bits per heavy atom. The summed E-state index contributed by atoms with van der Waals surface area (Å²) >= 11 is 3.36. The normalized spacial score (nSPS) is 29.8. The molecule has 1 aromatic rings. The molecule has 0 aromatic heterocycles. The van der Waals surface area contributed by atoms with Crippen LogP contribution in [0.1, 0.15) is 19.8 Å². The zero-order chi connectivity index (χ0) is 13.6. The first-order valence-electron chi connectivity index (χ1n) is 6.33. The van der Waals surface area contributed by atoms with Crippen LogP contribution in [-0.2, 0) is 9.59 Å². The van der Waals surface area contributed by atoms with Crippen LogP contribution in [0.25, 0.3) is 0 Å². The van der Waals surface area contributed by atoms with Crippen molar-refractivity contribution in [3.8, 4) is 0 Å². The third-order valence-electron chi connectivity index (χ3n) is 4.14. The van der Waals surface area contributed by atoms with Crippen molar-refractivity contribution < 1.29 is 9.59 Å². The molecule has 2 amide bonds. The molecule has 1 aromatic carbocycles. The maximum atomic E-state index is 12.6. The fourth-order valence-corrected chi connectivity index (χ4v) is 3.18. The molecular weight excluding hydrogens is 306 g/mol. The summed E-state index contributed by atoms with van der Waals surface area (Å²) in [6, 6.07) is 7.29. The number of amides is 2. The van der Waals surface area contributed by atoms with Crippen molar-refractivity contribution in [2.45, 2.75) is 19.8 Å². The van der Waals surface area contributed by atoms with E-state index in [1.54, 1.807) is 12.1 Å². The van der Waals surface area contributed by atoms with Gasteiger partial charge in [-0.2, -0.15) is 0 Å². The van der Waals surface area contributed by atoms with E-state index >= 15 is 0 Å². The van der Waals surface area contributed by atoms with E-state index in [-0.39, 0.29) is 17.7 Å². The molecule has 0 spiro atoms. The molecular formula is C15H14BrNO2. The Kier molecular flexibility index (Phi) is 2.86. The number of carbonyl (C=O) groups is 2. The summed E-state index contributed by atoms with van der Waals surface area (Å²) < 4.78 is 0.931. The average molecular weight is 320 g/mol. The molecule has 4 heteroatoms. The molecule has 2 atom stereocenters. The van der Waals surface area contributed by atoms with Gasteiger partial charge in [0.05, 0.1) is 17.0 Å². The van der Waals surface area contributed by atoms with Gasteiger partial charge in [0.25, 0.3) is 0 Å². The molecule has 0 N–H and O–H groups in total. The van der Waals surface area contributed by atoms with Gasteiger partial charge in [-0.15, -0.1) is 0 Å². The molecule has 0 radical (unpaired) electrons. The van der Waals surface area contributed by atoms with Gasteiger partial charge in [0.1, 0.15) is 0 Å². The van der Waals surface area contributed by atoms with Gasteiger partial charge in [-0.3, -0.25) is 9.59 Å². The van der Waals surface area contributed by atoms with Crippen LogP contribution < -0.4 is 4.90 Å². The van der Waals surface area contributed by atoms with Crippen LogP contribution in [-0.4, -0.2) is 11.8 Å². The van der Waals surface area contributed by atoms with Crippen molar-refractivity contribution in [3.63, 3.8) is 0 Å². The van der Waals surface area contributed by atoms with Gasteiger partial charge in [-0.25, -0.2) is 4.90 Å². The van der Waals surface area contributed by atoms with E-state index in [0.29, 0.717) is 18.5 Å². The number of carbonyl (C=O) groups excluding carboxylic acids is 2. The third-order valence-corrected chi connectivity index (χ3v) is 4.67. The summed E-state index contributed by atoms with van der Waals surface area (Å²) in [5.74, 6) is -0.359. The summed E-state index contributed by atoms with van der Waals surface area (Å²) in [5.41, 5.74) is 0.0904. The Morgan fingerprint density at radius 1 is 1.21 bits per heavy atom. The number of imide groups is 1. The molecule has 0 unspecified atom stereocenters. The zero-order valence-electron chi connectivity index (χ0n) is 10.6. The summed E-state index contributed by atoms with van der Waals surface area (Å²) in [6.07, 6.45) is 5.32. The van der Waals surface area contributed by atoms with Crippen molar-refractivity contribution in [2.75, 3.05) is 4.90 Å². The van der Waals surface area contributed by atoms with Crippen molar-refractivity contribution >= 4 is 33.4 Å². The largest absolute Gasteiger partial charge is 0.274 e. The van der Waals surface area contributed by atoms with Gasteiger partial charge >= 0.3 is 0 Å². The van der Waals surface area contributed by atoms with Crippen molar-refractivity contribution in [1.29, 1.82) is 0 Å². The first-order chi connectivity index (χ1) is 9.04. The van der Waals surface area contributed by atoms with Crippen LogP contribution in [0.3, 0.4) is 0 Å². The maximum absolute atomic E-state index is 12.6. The fraction of sp³-hybridized carbons (Fsp3) is 0.333. The van der Waals surface area contributed by atoms with Crippen LogP contribution in [0.4, 0.5) is 5.69 Å². The number of halogens is 1. The smallest absolute Gasteiger partial charge is 0.240 e. The van der Waals surface area contributed by atoms with Gasteiger partial charge in [0.2, 0.25) is 11.8 Å². The maximum Gasteiger partial charge on any atom is 0.240 e. The number of hydrogen-bond donors (Lipinski definition) is 0. The van der Waals surface area contributed by atoms with E-state index in [9.17, 15) is 9.59 Å². The molecule has 1 aliphatic carbocycles. The van der Waals surface area contributed by atoms with Gasteiger partial charge in [-0.1, -0.05) is 28.1 Å². The van der Waals surface area contributed by atoms with Gasteiger partial charge in [0.15, 0.2) is 0 Å². The number of benzene rings is 1. The molecule has 98 valence electrons. The van der Waals surface area contributed by atoms with Crippen LogP contribution >= 0.6 is 15.9 Å². The lowest BCUT2D eigenvalue weighted by atomic mass is 9.72. The highest BCUT2D eigenvalue weighted by molar-refractivity contribution is 9.10. The highest BCUT2D eigenvalue weighted by Crippen LogP contribution is 2.47. The second-order valence-electron chi connectivity index (χ2n) is 5.34. The molecule has 1 saturated heterocycles. The molecule has 1 heterocycles. The zero-order valence-corrected chi connectivity index (χ0v) is 12.2. The van der Waals surface area contributed by atoms with E-state index in [2.05, 4.69) is 15.9 Å².